The van der Waals surface area contributed by atoms with E-state index in [4.69, 9.17) is 5.73 Å². The number of aromatic nitrogens is 1. The van der Waals surface area contributed by atoms with Crippen molar-refractivity contribution < 1.29 is 0 Å². The van der Waals surface area contributed by atoms with Crippen LogP contribution in [0.4, 0.5) is 0 Å². The third-order valence-electron chi connectivity index (χ3n) is 4.20. The van der Waals surface area contributed by atoms with E-state index >= 15 is 0 Å². The van der Waals surface area contributed by atoms with Crippen molar-refractivity contribution in [2.24, 2.45) is 11.7 Å². The molecule has 2 rings (SSSR count). The Kier molecular flexibility index (Phi) is 3.79. The Morgan fingerprint density at radius 1 is 1.41 bits per heavy atom. The van der Waals surface area contributed by atoms with E-state index in [0.717, 1.165) is 25.4 Å². The molecule has 3 heteroatoms. The van der Waals surface area contributed by atoms with Crippen LogP contribution in [-0.4, -0.2) is 28.5 Å². The van der Waals surface area contributed by atoms with Gasteiger partial charge in [-0.1, -0.05) is 0 Å². The predicted octanol–water partition coefficient (Wildman–Crippen LogP) is 2.03. The van der Waals surface area contributed by atoms with E-state index in [1.54, 1.807) is 0 Å². The molecule has 2 N–H and O–H groups in total. The molecule has 1 aromatic rings. The second-order valence-electron chi connectivity index (χ2n) is 5.49. The summed E-state index contributed by atoms with van der Waals surface area (Å²) in [6, 6.07) is 4.21. The summed E-state index contributed by atoms with van der Waals surface area (Å²) in [4.78, 5) is 6.64. The lowest BCUT2D eigenvalue weighted by Gasteiger charge is -2.36. The highest BCUT2D eigenvalue weighted by Gasteiger charge is 2.40. The van der Waals surface area contributed by atoms with E-state index < -0.39 is 0 Å². The summed E-state index contributed by atoms with van der Waals surface area (Å²) in [5.41, 5.74) is 7.32. The average molecular weight is 233 g/mol. The summed E-state index contributed by atoms with van der Waals surface area (Å²) in [5.74, 6) is 0.731. The minimum Gasteiger partial charge on any atom is -0.330 e. The Morgan fingerprint density at radius 2 is 2.12 bits per heavy atom. The van der Waals surface area contributed by atoms with Crippen LogP contribution < -0.4 is 5.73 Å². The molecule has 2 heterocycles. The molecule has 3 nitrogen and oxygen atoms in total. The first kappa shape index (κ1) is 12.5. The first-order chi connectivity index (χ1) is 8.14. The summed E-state index contributed by atoms with van der Waals surface area (Å²) in [6.07, 6.45) is 6.15. The van der Waals surface area contributed by atoms with Crippen LogP contribution in [0.15, 0.2) is 24.5 Å². The van der Waals surface area contributed by atoms with Crippen molar-refractivity contribution in [2.75, 3.05) is 13.1 Å². The normalized spacial score (nSPS) is 24.1. The van der Waals surface area contributed by atoms with Crippen LogP contribution in [0, 0.1) is 5.92 Å². The highest BCUT2D eigenvalue weighted by atomic mass is 15.2. The van der Waals surface area contributed by atoms with Gasteiger partial charge in [0, 0.05) is 24.5 Å². The Labute approximate surface area is 104 Å². The van der Waals surface area contributed by atoms with Crippen LogP contribution in [0.3, 0.4) is 0 Å². The van der Waals surface area contributed by atoms with E-state index in [0.29, 0.717) is 0 Å². The number of likely N-dealkylation sites (tertiary alicyclic amines) is 1. The Morgan fingerprint density at radius 3 is 2.76 bits per heavy atom. The zero-order valence-electron chi connectivity index (χ0n) is 10.9. The van der Waals surface area contributed by atoms with Gasteiger partial charge in [0.25, 0.3) is 0 Å². The minimum atomic E-state index is 0.267. The van der Waals surface area contributed by atoms with Crippen LogP contribution in [0.5, 0.6) is 0 Å². The molecule has 0 aliphatic carbocycles. The van der Waals surface area contributed by atoms with E-state index in [9.17, 15) is 0 Å². The Balaban J connectivity index is 2.03. The lowest BCUT2D eigenvalue weighted by Crippen LogP contribution is -2.42. The molecule has 0 radical (unpaired) electrons. The van der Waals surface area contributed by atoms with Gasteiger partial charge >= 0.3 is 0 Å². The molecule has 0 saturated carbocycles. The van der Waals surface area contributed by atoms with Crippen LogP contribution in [0.1, 0.15) is 32.3 Å². The van der Waals surface area contributed by atoms with Crippen LogP contribution in [0.2, 0.25) is 0 Å². The lowest BCUT2D eigenvalue weighted by molar-refractivity contribution is 0.127. The summed E-state index contributed by atoms with van der Waals surface area (Å²) in [5, 5.41) is 0. The fourth-order valence-corrected chi connectivity index (χ4v) is 2.90. The van der Waals surface area contributed by atoms with Gasteiger partial charge in [-0.15, -0.1) is 0 Å². The molecule has 17 heavy (non-hydrogen) atoms. The SMILES string of the molecule is CC1(C)C(CCN)CCN1Cc1ccncc1. The summed E-state index contributed by atoms with van der Waals surface area (Å²) < 4.78 is 0. The molecule has 1 atom stereocenters. The third kappa shape index (κ3) is 2.67. The lowest BCUT2D eigenvalue weighted by atomic mass is 9.86. The zero-order valence-corrected chi connectivity index (χ0v) is 10.9. The van der Waals surface area contributed by atoms with Crippen LogP contribution in [0.25, 0.3) is 0 Å². The van der Waals surface area contributed by atoms with Gasteiger partial charge in [-0.05, 0) is 63.4 Å². The summed E-state index contributed by atoms with van der Waals surface area (Å²) in [6.45, 7) is 7.71. The largest absolute Gasteiger partial charge is 0.330 e. The van der Waals surface area contributed by atoms with Crippen molar-refractivity contribution in [3.05, 3.63) is 30.1 Å². The number of pyridine rings is 1. The second-order valence-corrected chi connectivity index (χ2v) is 5.49. The molecule has 0 bridgehead atoms. The van der Waals surface area contributed by atoms with Crippen molar-refractivity contribution in [2.45, 2.75) is 38.8 Å². The molecule has 1 aliphatic heterocycles. The van der Waals surface area contributed by atoms with E-state index in [1.807, 2.05) is 12.4 Å². The number of nitrogens with zero attached hydrogens (tertiary/aromatic N) is 2. The maximum absolute atomic E-state index is 5.70. The number of hydrogen-bond acceptors (Lipinski definition) is 3. The number of hydrogen-bond donors (Lipinski definition) is 1. The van der Waals surface area contributed by atoms with E-state index in [1.165, 1.54) is 18.5 Å². The van der Waals surface area contributed by atoms with Crippen molar-refractivity contribution in [1.82, 2.24) is 9.88 Å². The molecule has 94 valence electrons. The maximum atomic E-state index is 5.70. The number of nitrogens with two attached hydrogens (primary N) is 1. The fourth-order valence-electron chi connectivity index (χ4n) is 2.90. The quantitative estimate of drug-likeness (QED) is 0.865. The average Bonchev–Trinajstić information content (AvgIpc) is 2.58. The maximum Gasteiger partial charge on any atom is 0.0271 e. The molecule has 1 fully saturated rings. The zero-order chi connectivity index (χ0) is 12.3. The molecule has 1 saturated heterocycles. The highest BCUT2D eigenvalue weighted by molar-refractivity contribution is 5.11. The predicted molar refractivity (Wildman–Crippen MR) is 70.5 cm³/mol. The van der Waals surface area contributed by atoms with Gasteiger partial charge in [-0.25, -0.2) is 0 Å². The third-order valence-corrected chi connectivity index (χ3v) is 4.20. The molecule has 0 aromatic carbocycles. The second kappa shape index (κ2) is 5.15. The standard InChI is InChI=1S/C14H23N3/c1-14(2)13(3-7-15)6-10-17(14)11-12-4-8-16-9-5-12/h4-5,8-9,13H,3,6-7,10-11,15H2,1-2H3. The molecule has 1 aliphatic rings. The molecular formula is C14H23N3. The Bertz CT molecular complexity index is 348. The highest BCUT2D eigenvalue weighted by Crippen LogP contribution is 2.37. The van der Waals surface area contributed by atoms with Crippen molar-refractivity contribution in [3.63, 3.8) is 0 Å². The van der Waals surface area contributed by atoms with Crippen LogP contribution in [-0.2, 0) is 6.54 Å². The summed E-state index contributed by atoms with van der Waals surface area (Å²) in [7, 11) is 0. The minimum absolute atomic E-state index is 0.267. The molecule has 0 amide bonds. The van der Waals surface area contributed by atoms with Gasteiger partial charge in [0.2, 0.25) is 0 Å². The topological polar surface area (TPSA) is 42.1 Å². The van der Waals surface area contributed by atoms with Gasteiger partial charge in [0.1, 0.15) is 0 Å². The van der Waals surface area contributed by atoms with Crippen molar-refractivity contribution in [1.29, 1.82) is 0 Å². The monoisotopic (exact) mass is 233 g/mol. The van der Waals surface area contributed by atoms with Crippen LogP contribution >= 0.6 is 0 Å². The van der Waals surface area contributed by atoms with Gasteiger partial charge in [-0.2, -0.15) is 0 Å². The van der Waals surface area contributed by atoms with E-state index in [2.05, 4.69) is 35.9 Å². The van der Waals surface area contributed by atoms with Gasteiger partial charge < -0.3 is 5.73 Å². The van der Waals surface area contributed by atoms with Crippen molar-refractivity contribution >= 4 is 0 Å². The van der Waals surface area contributed by atoms with Gasteiger partial charge in [0.15, 0.2) is 0 Å². The van der Waals surface area contributed by atoms with E-state index in [-0.39, 0.29) is 5.54 Å². The molecule has 1 aromatic heterocycles. The first-order valence-corrected chi connectivity index (χ1v) is 6.48. The smallest absolute Gasteiger partial charge is 0.0271 e. The van der Waals surface area contributed by atoms with Gasteiger partial charge in [0.05, 0.1) is 0 Å². The molecule has 0 spiro atoms. The first-order valence-electron chi connectivity index (χ1n) is 6.48. The van der Waals surface area contributed by atoms with Crippen molar-refractivity contribution in [3.8, 4) is 0 Å². The molecular weight excluding hydrogens is 210 g/mol. The molecule has 1 unspecified atom stereocenters. The van der Waals surface area contributed by atoms with Gasteiger partial charge in [-0.3, -0.25) is 9.88 Å². The number of rotatable bonds is 4. The fraction of sp³-hybridized carbons (Fsp3) is 0.643. The summed E-state index contributed by atoms with van der Waals surface area (Å²) >= 11 is 0. The Hall–Kier alpha value is -0.930.